The van der Waals surface area contributed by atoms with Gasteiger partial charge in [0.1, 0.15) is 11.4 Å². The van der Waals surface area contributed by atoms with Crippen LogP contribution in [0.1, 0.15) is 29.6 Å². The Bertz CT molecular complexity index is 475. The zero-order valence-corrected chi connectivity index (χ0v) is 12.2. The summed E-state index contributed by atoms with van der Waals surface area (Å²) < 4.78 is 1.52. The number of nitrogen functional groups attached to an aromatic ring is 1. The fourth-order valence-corrected chi connectivity index (χ4v) is 2.66. The third-order valence-corrected chi connectivity index (χ3v) is 4.33. The van der Waals surface area contributed by atoms with Gasteiger partial charge in [0, 0.05) is 26.2 Å². The Morgan fingerprint density at radius 1 is 1.47 bits per heavy atom. The number of carbonyl (C=O) groups is 1. The number of aryl methyl sites for hydroxylation is 1. The minimum absolute atomic E-state index is 0.0567. The molecular weight excluding hydrogens is 242 g/mol. The van der Waals surface area contributed by atoms with E-state index in [1.807, 2.05) is 7.05 Å². The number of aromatic nitrogens is 2. The number of hydrogen-bond donors (Lipinski definition) is 1. The Hall–Kier alpha value is -1.56. The zero-order chi connectivity index (χ0) is 14.2. The third-order valence-electron chi connectivity index (χ3n) is 4.33. The molecule has 0 bridgehead atoms. The SMILES string of the molecule is CN(CC1(N(C)C)CCC1)C(=O)c1cnn(C)c1N. The van der Waals surface area contributed by atoms with Crippen molar-refractivity contribution in [2.24, 2.45) is 7.05 Å². The smallest absolute Gasteiger partial charge is 0.259 e. The van der Waals surface area contributed by atoms with Crippen LogP contribution < -0.4 is 5.73 Å². The summed E-state index contributed by atoms with van der Waals surface area (Å²) in [6.07, 6.45) is 5.05. The maximum atomic E-state index is 12.4. The van der Waals surface area contributed by atoms with Gasteiger partial charge in [0.25, 0.3) is 5.91 Å². The summed E-state index contributed by atoms with van der Waals surface area (Å²) in [5, 5.41) is 4.02. The Kier molecular flexibility index (Phi) is 3.54. The van der Waals surface area contributed by atoms with Crippen LogP contribution in [0, 0.1) is 0 Å². The number of amides is 1. The molecule has 2 N–H and O–H groups in total. The van der Waals surface area contributed by atoms with Crippen LogP contribution in [0.15, 0.2) is 6.20 Å². The van der Waals surface area contributed by atoms with Gasteiger partial charge in [0.2, 0.25) is 0 Å². The van der Waals surface area contributed by atoms with Gasteiger partial charge in [0.15, 0.2) is 0 Å². The first-order valence-corrected chi connectivity index (χ1v) is 6.58. The van der Waals surface area contributed by atoms with Crippen molar-refractivity contribution in [1.82, 2.24) is 19.6 Å². The molecule has 1 aliphatic rings. The van der Waals surface area contributed by atoms with Gasteiger partial charge in [-0.2, -0.15) is 5.10 Å². The maximum absolute atomic E-state index is 12.4. The third kappa shape index (κ3) is 2.32. The average molecular weight is 265 g/mol. The summed E-state index contributed by atoms with van der Waals surface area (Å²) in [5.74, 6) is 0.364. The highest BCUT2D eigenvalue weighted by molar-refractivity contribution is 5.98. The van der Waals surface area contributed by atoms with Gasteiger partial charge >= 0.3 is 0 Å². The number of likely N-dealkylation sites (N-methyl/N-ethyl adjacent to an activating group) is 2. The minimum Gasteiger partial charge on any atom is -0.383 e. The number of anilines is 1. The first-order chi connectivity index (χ1) is 8.87. The molecule has 0 saturated heterocycles. The van der Waals surface area contributed by atoms with E-state index in [2.05, 4.69) is 24.1 Å². The number of nitrogens with two attached hydrogens (primary N) is 1. The van der Waals surface area contributed by atoms with E-state index in [1.165, 1.54) is 17.3 Å². The van der Waals surface area contributed by atoms with Crippen LogP contribution in [0.3, 0.4) is 0 Å². The molecule has 1 amide bonds. The monoisotopic (exact) mass is 265 g/mol. The summed E-state index contributed by atoms with van der Waals surface area (Å²) in [6, 6.07) is 0. The summed E-state index contributed by atoms with van der Waals surface area (Å²) in [6.45, 7) is 0.729. The van der Waals surface area contributed by atoms with Gasteiger partial charge in [-0.25, -0.2) is 0 Å². The first kappa shape index (κ1) is 13.9. The molecule has 0 atom stereocenters. The number of carbonyl (C=O) groups excluding carboxylic acids is 1. The predicted molar refractivity (Wildman–Crippen MR) is 74.8 cm³/mol. The van der Waals surface area contributed by atoms with E-state index in [9.17, 15) is 4.79 Å². The topological polar surface area (TPSA) is 67.4 Å². The van der Waals surface area contributed by atoms with E-state index < -0.39 is 0 Å². The van der Waals surface area contributed by atoms with E-state index >= 15 is 0 Å². The first-order valence-electron chi connectivity index (χ1n) is 6.58. The summed E-state index contributed by atoms with van der Waals surface area (Å²) in [5.41, 5.74) is 6.46. The summed E-state index contributed by atoms with van der Waals surface area (Å²) in [7, 11) is 7.73. The molecule has 106 valence electrons. The molecule has 6 nitrogen and oxygen atoms in total. The fourth-order valence-electron chi connectivity index (χ4n) is 2.66. The van der Waals surface area contributed by atoms with E-state index in [1.54, 1.807) is 11.9 Å². The van der Waals surface area contributed by atoms with Crippen molar-refractivity contribution in [2.75, 3.05) is 33.4 Å². The summed E-state index contributed by atoms with van der Waals surface area (Å²) in [4.78, 5) is 16.4. The Labute approximate surface area is 114 Å². The predicted octanol–water partition coefficient (Wildman–Crippen LogP) is 0.559. The highest BCUT2D eigenvalue weighted by Gasteiger charge is 2.41. The Morgan fingerprint density at radius 2 is 2.11 bits per heavy atom. The Balaban J connectivity index is 2.10. The minimum atomic E-state index is -0.0567. The van der Waals surface area contributed by atoms with E-state index in [4.69, 9.17) is 5.73 Å². The number of hydrogen-bond acceptors (Lipinski definition) is 4. The quantitative estimate of drug-likeness (QED) is 0.863. The van der Waals surface area contributed by atoms with Crippen molar-refractivity contribution >= 4 is 11.7 Å². The molecule has 0 aromatic carbocycles. The molecule has 1 heterocycles. The number of rotatable bonds is 4. The van der Waals surface area contributed by atoms with E-state index in [0.29, 0.717) is 11.4 Å². The summed E-state index contributed by atoms with van der Waals surface area (Å²) >= 11 is 0. The molecule has 6 heteroatoms. The molecule has 1 aromatic heterocycles. The van der Waals surface area contributed by atoms with Crippen LogP contribution in [0.25, 0.3) is 0 Å². The van der Waals surface area contributed by atoms with Crippen molar-refractivity contribution in [3.05, 3.63) is 11.8 Å². The molecule has 0 aliphatic heterocycles. The van der Waals surface area contributed by atoms with Gasteiger partial charge in [-0.1, -0.05) is 0 Å². The lowest BCUT2D eigenvalue weighted by molar-refractivity contribution is 0.0253. The van der Waals surface area contributed by atoms with Crippen LogP contribution >= 0.6 is 0 Å². The van der Waals surface area contributed by atoms with Crippen LogP contribution in [0.2, 0.25) is 0 Å². The lowest BCUT2D eigenvalue weighted by atomic mass is 9.75. The van der Waals surface area contributed by atoms with E-state index in [-0.39, 0.29) is 11.4 Å². The zero-order valence-electron chi connectivity index (χ0n) is 12.2. The molecule has 1 aliphatic carbocycles. The standard InChI is InChI=1S/C13H23N5O/c1-16(2)13(6-5-7-13)9-17(3)12(19)10-8-15-18(4)11(10)14/h8H,5-7,9,14H2,1-4H3. The van der Waals surface area contributed by atoms with Gasteiger partial charge in [0.05, 0.1) is 6.20 Å². The molecule has 2 rings (SSSR count). The number of nitrogens with zero attached hydrogens (tertiary/aromatic N) is 4. The van der Waals surface area contributed by atoms with Crippen LogP contribution in [-0.4, -0.2) is 58.7 Å². The van der Waals surface area contributed by atoms with Crippen molar-refractivity contribution < 1.29 is 4.79 Å². The van der Waals surface area contributed by atoms with E-state index in [0.717, 1.165) is 19.4 Å². The average Bonchev–Trinajstić information content (AvgIpc) is 2.63. The molecule has 1 saturated carbocycles. The van der Waals surface area contributed by atoms with Gasteiger partial charge in [-0.15, -0.1) is 0 Å². The Morgan fingerprint density at radius 3 is 2.47 bits per heavy atom. The largest absolute Gasteiger partial charge is 0.383 e. The second kappa shape index (κ2) is 4.85. The second-order valence-corrected chi connectivity index (χ2v) is 5.70. The van der Waals surface area contributed by atoms with Crippen molar-refractivity contribution in [1.29, 1.82) is 0 Å². The highest BCUT2D eigenvalue weighted by atomic mass is 16.2. The second-order valence-electron chi connectivity index (χ2n) is 5.70. The lowest BCUT2D eigenvalue weighted by Gasteiger charge is -2.49. The normalized spacial score (nSPS) is 17.3. The molecule has 1 aromatic rings. The maximum Gasteiger partial charge on any atom is 0.259 e. The molecule has 19 heavy (non-hydrogen) atoms. The van der Waals surface area contributed by atoms with Gasteiger partial charge in [-0.3, -0.25) is 9.48 Å². The van der Waals surface area contributed by atoms with Crippen molar-refractivity contribution in [3.63, 3.8) is 0 Å². The molecule has 1 fully saturated rings. The van der Waals surface area contributed by atoms with Crippen molar-refractivity contribution in [3.8, 4) is 0 Å². The lowest BCUT2D eigenvalue weighted by Crippen LogP contribution is -2.57. The van der Waals surface area contributed by atoms with Gasteiger partial charge in [-0.05, 0) is 33.4 Å². The van der Waals surface area contributed by atoms with Crippen LogP contribution in [0.5, 0.6) is 0 Å². The fraction of sp³-hybridized carbons (Fsp3) is 0.692. The molecule has 0 spiro atoms. The van der Waals surface area contributed by atoms with Crippen LogP contribution in [-0.2, 0) is 7.05 Å². The molecule has 0 radical (unpaired) electrons. The van der Waals surface area contributed by atoms with Crippen molar-refractivity contribution in [2.45, 2.75) is 24.8 Å². The highest BCUT2D eigenvalue weighted by Crippen LogP contribution is 2.36. The molecule has 0 unspecified atom stereocenters. The molecular formula is C13H23N5O. The van der Waals surface area contributed by atoms with Crippen LogP contribution in [0.4, 0.5) is 5.82 Å². The van der Waals surface area contributed by atoms with Gasteiger partial charge < -0.3 is 15.5 Å².